The topological polar surface area (TPSA) is 94.3 Å². The van der Waals surface area contributed by atoms with Gasteiger partial charge in [-0.15, -0.1) is 0 Å². The van der Waals surface area contributed by atoms with E-state index in [0.717, 1.165) is 43.9 Å². The number of benzene rings is 2. The van der Waals surface area contributed by atoms with Gasteiger partial charge in [0.2, 0.25) is 0 Å². The quantitative estimate of drug-likeness (QED) is 0.369. The molecule has 1 aliphatic rings. The number of anilines is 1. The normalized spacial score (nSPS) is 14.3. The second-order valence-corrected chi connectivity index (χ2v) is 9.51. The lowest BCUT2D eigenvalue weighted by atomic mass is 10.1. The molecule has 4 aromatic rings. The fourth-order valence-corrected chi connectivity index (χ4v) is 4.36. The van der Waals surface area contributed by atoms with Crippen molar-refractivity contribution in [1.29, 1.82) is 0 Å². The van der Waals surface area contributed by atoms with Crippen LogP contribution in [0.1, 0.15) is 21.5 Å². The van der Waals surface area contributed by atoms with Gasteiger partial charge in [-0.3, -0.25) is 14.7 Å². The van der Waals surface area contributed by atoms with Crippen molar-refractivity contribution in [2.75, 3.05) is 38.5 Å². The molecule has 1 N–H and O–H groups in total. The summed E-state index contributed by atoms with van der Waals surface area (Å²) in [6.45, 7) is 6.94. The molecule has 0 bridgehead atoms. The van der Waals surface area contributed by atoms with Crippen LogP contribution in [0.15, 0.2) is 79.3 Å². The molecule has 0 unspecified atom stereocenters. The highest BCUT2D eigenvalue weighted by atomic mass is 16.3. The maximum Gasteiger partial charge on any atom is 0.474 e. The van der Waals surface area contributed by atoms with Crippen LogP contribution in [-0.4, -0.2) is 63.9 Å². The zero-order valence-corrected chi connectivity index (χ0v) is 21.5. The Labute approximate surface area is 221 Å². The van der Waals surface area contributed by atoms with Crippen LogP contribution in [0.3, 0.4) is 0 Å². The first-order valence-corrected chi connectivity index (χ1v) is 12.6. The Morgan fingerprint density at radius 1 is 1.00 bits per heavy atom. The van der Waals surface area contributed by atoms with Crippen LogP contribution in [0, 0.1) is 11.8 Å². The predicted molar refractivity (Wildman–Crippen MR) is 148 cm³/mol. The van der Waals surface area contributed by atoms with Crippen LogP contribution in [-0.2, 0) is 6.54 Å². The molecular formula is C29H30N7O2+. The Morgan fingerprint density at radius 2 is 1.79 bits per heavy atom. The van der Waals surface area contributed by atoms with Gasteiger partial charge in [0.05, 0.1) is 0 Å². The van der Waals surface area contributed by atoms with Crippen molar-refractivity contribution in [3.8, 4) is 11.3 Å². The lowest BCUT2D eigenvalue weighted by Gasteiger charge is -2.32. The molecule has 1 fully saturated rings. The molecule has 1 amide bonds. The van der Waals surface area contributed by atoms with E-state index in [0.29, 0.717) is 27.4 Å². The van der Waals surface area contributed by atoms with Gasteiger partial charge in [-0.1, -0.05) is 33.1 Å². The first-order chi connectivity index (χ1) is 18.5. The first-order valence-electron chi connectivity index (χ1n) is 12.6. The standard InChI is InChI=1S/C29H29N7O2/c1-21-5-10-25(18-27(21)36(38)29-31-13-11-26(33-29)24-4-3-12-30-19-24)32-28(37)23-8-6-22(7-9-23)20-35-16-14-34(2)15-17-35/h3-13,18-19H,14-17,20H2,1-2H3/p+1. The number of aryl methyl sites for hydroxylation is 1. The number of amides is 1. The molecule has 0 aliphatic carbocycles. The van der Waals surface area contributed by atoms with Crippen LogP contribution in [0.4, 0.5) is 17.3 Å². The highest BCUT2D eigenvalue weighted by Crippen LogP contribution is 2.27. The summed E-state index contributed by atoms with van der Waals surface area (Å²) in [5.41, 5.74) is 4.73. The van der Waals surface area contributed by atoms with Gasteiger partial charge in [-0.05, 0) is 55.4 Å². The van der Waals surface area contributed by atoms with E-state index in [1.807, 2.05) is 43.3 Å². The zero-order chi connectivity index (χ0) is 26.5. The molecule has 9 heteroatoms. The van der Waals surface area contributed by atoms with E-state index in [2.05, 4.69) is 37.1 Å². The molecule has 0 saturated carbocycles. The monoisotopic (exact) mass is 508 g/mol. The second kappa shape index (κ2) is 11.4. The van der Waals surface area contributed by atoms with Crippen LogP contribution >= 0.6 is 0 Å². The molecule has 1 saturated heterocycles. The van der Waals surface area contributed by atoms with Gasteiger partial charge in [-0.2, -0.15) is 0 Å². The van der Waals surface area contributed by atoms with Crippen LogP contribution in [0.2, 0.25) is 0 Å². The van der Waals surface area contributed by atoms with Gasteiger partial charge in [0.25, 0.3) is 5.91 Å². The van der Waals surface area contributed by atoms with Gasteiger partial charge in [0, 0.05) is 78.8 Å². The SMILES string of the molecule is Cc1ccc(NC(=O)c2ccc(CN3CCN(C)CC3)cc2)cc1[N+](=O)c1nccc(-c2cccnc2)n1. The van der Waals surface area contributed by atoms with Crippen LogP contribution in [0.25, 0.3) is 11.3 Å². The van der Waals surface area contributed by atoms with E-state index in [1.165, 1.54) is 5.56 Å². The molecular weight excluding hydrogens is 478 g/mol. The van der Waals surface area contributed by atoms with E-state index in [-0.39, 0.29) is 11.9 Å². The number of hydrogen-bond acceptors (Lipinski definition) is 7. The van der Waals surface area contributed by atoms with E-state index in [1.54, 1.807) is 42.9 Å². The highest BCUT2D eigenvalue weighted by Gasteiger charge is 2.22. The Morgan fingerprint density at radius 3 is 2.53 bits per heavy atom. The minimum Gasteiger partial charge on any atom is -0.322 e. The number of nitroso groups, excluding NO2 is 1. The molecule has 0 atom stereocenters. The molecule has 5 rings (SSSR count). The van der Waals surface area contributed by atoms with Crippen LogP contribution in [0.5, 0.6) is 0 Å². The minimum atomic E-state index is -0.238. The summed E-state index contributed by atoms with van der Waals surface area (Å²) in [5.74, 6) is -0.230. The van der Waals surface area contributed by atoms with E-state index < -0.39 is 0 Å². The van der Waals surface area contributed by atoms with Gasteiger partial charge in [0.1, 0.15) is 6.20 Å². The number of pyridine rings is 1. The molecule has 9 nitrogen and oxygen atoms in total. The third kappa shape index (κ3) is 5.96. The lowest BCUT2D eigenvalue weighted by Crippen LogP contribution is -2.43. The Bertz CT molecular complexity index is 1430. The van der Waals surface area contributed by atoms with E-state index in [4.69, 9.17) is 0 Å². The largest absolute Gasteiger partial charge is 0.474 e. The number of aromatic nitrogens is 3. The predicted octanol–water partition coefficient (Wildman–Crippen LogP) is 4.45. The van der Waals surface area contributed by atoms with Crippen molar-refractivity contribution in [2.45, 2.75) is 13.5 Å². The number of carbonyl (C=O) groups excluding carboxylic acids is 1. The Kier molecular flexibility index (Phi) is 7.57. The molecule has 192 valence electrons. The maximum atomic E-state index is 13.2. The summed E-state index contributed by atoms with van der Waals surface area (Å²) in [4.78, 5) is 43.6. The highest BCUT2D eigenvalue weighted by molar-refractivity contribution is 6.04. The van der Waals surface area contributed by atoms with Gasteiger partial charge in [0.15, 0.2) is 11.4 Å². The van der Waals surface area contributed by atoms with Gasteiger partial charge < -0.3 is 10.2 Å². The van der Waals surface area contributed by atoms with Crippen molar-refractivity contribution >= 4 is 23.2 Å². The summed E-state index contributed by atoms with van der Waals surface area (Å²) in [6.07, 6.45) is 4.91. The van der Waals surface area contributed by atoms with Crippen molar-refractivity contribution < 1.29 is 4.79 Å². The average molecular weight is 509 g/mol. The molecule has 1 aliphatic heterocycles. The molecule has 38 heavy (non-hydrogen) atoms. The first kappa shape index (κ1) is 25.3. The molecule has 2 aromatic heterocycles. The van der Waals surface area contributed by atoms with Gasteiger partial charge >= 0.3 is 5.95 Å². The zero-order valence-electron chi connectivity index (χ0n) is 21.5. The maximum absolute atomic E-state index is 13.2. The van der Waals surface area contributed by atoms with E-state index >= 15 is 0 Å². The van der Waals surface area contributed by atoms with Crippen molar-refractivity contribution in [1.82, 2.24) is 29.5 Å². The fourth-order valence-electron chi connectivity index (χ4n) is 4.36. The number of piperazine rings is 1. The summed E-state index contributed by atoms with van der Waals surface area (Å²) in [6, 6.07) is 18.3. The van der Waals surface area contributed by atoms with Crippen molar-refractivity contribution in [3.05, 3.63) is 101 Å². The Hall–Kier alpha value is -4.34. The third-order valence-electron chi connectivity index (χ3n) is 6.69. The summed E-state index contributed by atoms with van der Waals surface area (Å²) < 4.78 is 0.679. The summed E-state index contributed by atoms with van der Waals surface area (Å²) in [7, 11) is 2.14. The third-order valence-corrected chi connectivity index (χ3v) is 6.69. The number of carbonyl (C=O) groups is 1. The second-order valence-electron chi connectivity index (χ2n) is 9.51. The molecule has 2 aromatic carbocycles. The molecule has 0 spiro atoms. The van der Waals surface area contributed by atoms with Gasteiger partial charge in [-0.25, -0.2) is 0 Å². The van der Waals surface area contributed by atoms with Crippen LogP contribution < -0.4 is 10.1 Å². The number of rotatable bonds is 7. The minimum absolute atomic E-state index is 0.00821. The fraction of sp³-hybridized carbons (Fsp3) is 0.241. The van der Waals surface area contributed by atoms with E-state index in [9.17, 15) is 9.70 Å². The van der Waals surface area contributed by atoms with Crippen molar-refractivity contribution in [2.24, 2.45) is 0 Å². The number of likely N-dealkylation sites (N-methyl/N-ethyl adjacent to an activating group) is 1. The Balaban J connectivity index is 1.27. The number of nitrogens with zero attached hydrogens (tertiary/aromatic N) is 6. The summed E-state index contributed by atoms with van der Waals surface area (Å²) >= 11 is 0. The summed E-state index contributed by atoms with van der Waals surface area (Å²) in [5, 5.41) is 2.91. The number of nitrogens with one attached hydrogen (secondary N) is 1. The lowest BCUT2D eigenvalue weighted by molar-refractivity contribution is 0.102. The van der Waals surface area contributed by atoms with Crippen molar-refractivity contribution in [3.63, 3.8) is 0 Å². The number of hydrogen-bond donors (Lipinski definition) is 1. The molecule has 0 radical (unpaired) electrons. The smallest absolute Gasteiger partial charge is 0.322 e. The average Bonchev–Trinajstić information content (AvgIpc) is 2.96. The molecule has 3 heterocycles.